The smallest absolute Gasteiger partial charge is 0.311 e. The number of aliphatic hydroxyl groups excluding tert-OH is 1. The zero-order chi connectivity index (χ0) is 13.5. The van der Waals surface area contributed by atoms with Gasteiger partial charge < -0.3 is 15.7 Å². The predicted octanol–water partition coefficient (Wildman–Crippen LogP) is 1.46. The first kappa shape index (κ1) is 14.2. The minimum atomic E-state index is -0.467. The van der Waals surface area contributed by atoms with Crippen molar-refractivity contribution in [2.45, 2.75) is 13.3 Å². The van der Waals surface area contributed by atoms with Crippen LogP contribution in [0.3, 0.4) is 0 Å². The maximum atomic E-state index is 10.9. The molecule has 0 saturated carbocycles. The molecule has 0 saturated heterocycles. The summed E-state index contributed by atoms with van der Waals surface area (Å²) < 4.78 is 0. The zero-order valence-corrected chi connectivity index (χ0v) is 10.5. The fraction of sp³-hybridized carbons (Fsp3) is 0.545. The van der Waals surface area contributed by atoms with Crippen molar-refractivity contribution in [3.05, 3.63) is 22.2 Å². The van der Waals surface area contributed by atoms with E-state index in [9.17, 15) is 10.1 Å². The fourth-order valence-corrected chi connectivity index (χ4v) is 1.46. The second-order valence-corrected chi connectivity index (χ2v) is 4.07. The number of hydrogen-bond acceptors (Lipinski definition) is 6. The molecule has 1 atom stereocenters. The second-order valence-electron chi connectivity index (χ2n) is 4.07. The molecule has 1 unspecified atom stereocenters. The monoisotopic (exact) mass is 254 g/mol. The van der Waals surface area contributed by atoms with Gasteiger partial charge in [0.15, 0.2) is 0 Å². The van der Waals surface area contributed by atoms with E-state index in [1.165, 1.54) is 6.07 Å². The molecule has 0 bridgehead atoms. The lowest BCUT2D eigenvalue weighted by Crippen LogP contribution is -2.14. The third-order valence-corrected chi connectivity index (χ3v) is 2.57. The molecule has 0 aliphatic rings. The van der Waals surface area contributed by atoms with Crippen molar-refractivity contribution in [2.75, 3.05) is 30.8 Å². The molecule has 1 aromatic heterocycles. The zero-order valence-electron chi connectivity index (χ0n) is 10.5. The molecule has 0 aliphatic heterocycles. The summed E-state index contributed by atoms with van der Waals surface area (Å²) in [6.45, 7) is 2.59. The Morgan fingerprint density at radius 1 is 1.56 bits per heavy atom. The molecule has 7 heteroatoms. The third-order valence-electron chi connectivity index (χ3n) is 2.57. The van der Waals surface area contributed by atoms with Crippen LogP contribution >= 0.6 is 0 Å². The molecule has 0 amide bonds. The highest BCUT2D eigenvalue weighted by atomic mass is 16.6. The van der Waals surface area contributed by atoms with Gasteiger partial charge in [0.05, 0.1) is 4.92 Å². The van der Waals surface area contributed by atoms with Gasteiger partial charge in [-0.15, -0.1) is 0 Å². The van der Waals surface area contributed by atoms with Crippen LogP contribution in [0.25, 0.3) is 0 Å². The van der Waals surface area contributed by atoms with Crippen LogP contribution in [0.15, 0.2) is 12.1 Å². The Hall–Kier alpha value is -1.89. The largest absolute Gasteiger partial charge is 0.396 e. The molecule has 1 rings (SSSR count). The summed E-state index contributed by atoms with van der Waals surface area (Å²) in [6.07, 6.45) is 0.645. The van der Waals surface area contributed by atoms with Gasteiger partial charge in [-0.3, -0.25) is 10.1 Å². The first-order valence-corrected chi connectivity index (χ1v) is 5.76. The van der Waals surface area contributed by atoms with Gasteiger partial charge in [-0.05, 0) is 18.4 Å². The lowest BCUT2D eigenvalue weighted by atomic mass is 10.1. The third kappa shape index (κ3) is 3.85. The Kier molecular flexibility index (Phi) is 5.31. The Bertz CT molecular complexity index is 411. The molecule has 7 nitrogen and oxygen atoms in total. The normalized spacial score (nSPS) is 11.9. The summed E-state index contributed by atoms with van der Waals surface area (Å²) >= 11 is 0. The van der Waals surface area contributed by atoms with Gasteiger partial charge >= 0.3 is 5.69 Å². The number of nitro groups is 1. The van der Waals surface area contributed by atoms with E-state index < -0.39 is 4.92 Å². The van der Waals surface area contributed by atoms with Crippen molar-refractivity contribution in [1.82, 2.24) is 4.98 Å². The van der Waals surface area contributed by atoms with Gasteiger partial charge in [-0.25, -0.2) is 4.98 Å². The second kappa shape index (κ2) is 6.75. The summed E-state index contributed by atoms with van der Waals surface area (Å²) in [4.78, 5) is 14.5. The summed E-state index contributed by atoms with van der Waals surface area (Å²) in [5, 5.41) is 25.4. The number of pyridine rings is 1. The Morgan fingerprint density at radius 3 is 2.83 bits per heavy atom. The van der Waals surface area contributed by atoms with Gasteiger partial charge in [0.1, 0.15) is 5.82 Å². The fourth-order valence-electron chi connectivity index (χ4n) is 1.46. The first-order valence-electron chi connectivity index (χ1n) is 5.76. The molecule has 1 heterocycles. The minimum Gasteiger partial charge on any atom is -0.396 e. The van der Waals surface area contributed by atoms with E-state index in [4.69, 9.17) is 5.11 Å². The summed E-state index contributed by atoms with van der Waals surface area (Å²) in [5.74, 6) is 1.03. The Balaban J connectivity index is 2.80. The summed E-state index contributed by atoms with van der Waals surface area (Å²) in [7, 11) is 1.70. The van der Waals surface area contributed by atoms with E-state index in [0.29, 0.717) is 18.8 Å². The number of aromatic nitrogens is 1. The van der Waals surface area contributed by atoms with E-state index in [1.807, 2.05) is 6.92 Å². The van der Waals surface area contributed by atoms with Crippen molar-refractivity contribution in [3.8, 4) is 0 Å². The summed E-state index contributed by atoms with van der Waals surface area (Å²) in [5.41, 5.74) is -0.0507. The van der Waals surface area contributed by atoms with E-state index in [1.54, 1.807) is 13.1 Å². The average molecular weight is 254 g/mol. The number of nitrogens with zero attached hydrogens (tertiary/aromatic N) is 2. The average Bonchev–Trinajstić information content (AvgIpc) is 2.36. The van der Waals surface area contributed by atoms with Gasteiger partial charge in [-0.1, -0.05) is 6.92 Å². The molecule has 0 spiro atoms. The maximum Gasteiger partial charge on any atom is 0.311 e. The molecule has 1 aromatic rings. The predicted molar refractivity (Wildman–Crippen MR) is 69.8 cm³/mol. The van der Waals surface area contributed by atoms with Crippen LogP contribution in [0.2, 0.25) is 0 Å². The molecule has 3 N–H and O–H groups in total. The maximum absolute atomic E-state index is 10.9. The van der Waals surface area contributed by atoms with Crippen LogP contribution in [0, 0.1) is 16.0 Å². The van der Waals surface area contributed by atoms with Crippen molar-refractivity contribution < 1.29 is 10.0 Å². The van der Waals surface area contributed by atoms with Crippen molar-refractivity contribution >= 4 is 17.3 Å². The Labute approximate surface area is 105 Å². The van der Waals surface area contributed by atoms with Crippen LogP contribution in [-0.2, 0) is 0 Å². The van der Waals surface area contributed by atoms with Gasteiger partial charge in [0.2, 0.25) is 5.82 Å². The highest BCUT2D eigenvalue weighted by Crippen LogP contribution is 2.24. The van der Waals surface area contributed by atoms with Crippen LogP contribution in [0.5, 0.6) is 0 Å². The highest BCUT2D eigenvalue weighted by molar-refractivity contribution is 5.60. The van der Waals surface area contributed by atoms with Gasteiger partial charge in [-0.2, -0.15) is 0 Å². The molecule has 0 radical (unpaired) electrons. The van der Waals surface area contributed by atoms with E-state index >= 15 is 0 Å². The molecule has 0 aromatic carbocycles. The highest BCUT2D eigenvalue weighted by Gasteiger charge is 2.16. The molecule has 18 heavy (non-hydrogen) atoms. The number of hydrogen-bond donors (Lipinski definition) is 3. The molecule has 100 valence electrons. The van der Waals surface area contributed by atoms with Crippen LogP contribution in [-0.4, -0.2) is 35.2 Å². The SMILES string of the molecule is CNc1ccc([N+](=O)[O-])c(NCC(C)CCO)n1. The topological polar surface area (TPSA) is 100 Å². The van der Waals surface area contributed by atoms with E-state index in [-0.39, 0.29) is 24.0 Å². The van der Waals surface area contributed by atoms with Crippen LogP contribution in [0.1, 0.15) is 13.3 Å². The van der Waals surface area contributed by atoms with Gasteiger partial charge in [0, 0.05) is 26.3 Å². The first-order chi connectivity index (χ1) is 8.58. The lowest BCUT2D eigenvalue weighted by molar-refractivity contribution is -0.384. The molecule has 0 fully saturated rings. The lowest BCUT2D eigenvalue weighted by Gasteiger charge is -2.12. The van der Waals surface area contributed by atoms with E-state index in [0.717, 1.165) is 0 Å². The van der Waals surface area contributed by atoms with Gasteiger partial charge in [0.25, 0.3) is 0 Å². The molecular formula is C11H18N4O3. The van der Waals surface area contributed by atoms with Crippen molar-refractivity contribution in [1.29, 1.82) is 0 Å². The molecular weight excluding hydrogens is 236 g/mol. The Morgan fingerprint density at radius 2 is 2.28 bits per heavy atom. The number of anilines is 2. The summed E-state index contributed by atoms with van der Waals surface area (Å²) in [6, 6.07) is 2.97. The van der Waals surface area contributed by atoms with Crippen molar-refractivity contribution in [3.63, 3.8) is 0 Å². The van der Waals surface area contributed by atoms with Crippen LogP contribution < -0.4 is 10.6 Å². The number of aliphatic hydroxyl groups is 1. The standard InChI is InChI=1S/C11H18N4O3/c1-8(5-6-16)7-13-11-9(15(17)18)3-4-10(12-2)14-11/h3-4,8,16H,5-7H2,1-2H3,(H2,12,13,14). The van der Waals surface area contributed by atoms with Crippen molar-refractivity contribution in [2.24, 2.45) is 5.92 Å². The minimum absolute atomic E-state index is 0.0507. The quantitative estimate of drug-likeness (QED) is 0.503. The number of nitrogens with one attached hydrogen (secondary N) is 2. The number of rotatable bonds is 7. The van der Waals surface area contributed by atoms with E-state index in [2.05, 4.69) is 15.6 Å². The molecule has 0 aliphatic carbocycles. The van der Waals surface area contributed by atoms with Crippen LogP contribution in [0.4, 0.5) is 17.3 Å².